The van der Waals surface area contributed by atoms with E-state index < -0.39 is 0 Å². The first-order valence-corrected chi connectivity index (χ1v) is 7.39. The summed E-state index contributed by atoms with van der Waals surface area (Å²) in [5, 5.41) is 2.66. The predicted molar refractivity (Wildman–Crippen MR) is 85.5 cm³/mol. The largest absolute Gasteiger partial charge is 0.330 e. The summed E-state index contributed by atoms with van der Waals surface area (Å²) in [5.74, 6) is 1.37. The average molecular weight is 266 g/mol. The lowest BCUT2D eigenvalue weighted by atomic mass is 9.74. The van der Waals surface area contributed by atoms with E-state index in [0.29, 0.717) is 24.3 Å². The van der Waals surface area contributed by atoms with Gasteiger partial charge < -0.3 is 11.5 Å². The third-order valence-electron chi connectivity index (χ3n) is 4.50. The van der Waals surface area contributed by atoms with Crippen LogP contribution in [-0.4, -0.2) is 13.1 Å². The highest BCUT2D eigenvalue weighted by atomic mass is 14.6. The van der Waals surface area contributed by atoms with Crippen molar-refractivity contribution < 1.29 is 0 Å². The highest BCUT2D eigenvalue weighted by molar-refractivity contribution is 5.86. The molecule has 1 aliphatic rings. The van der Waals surface area contributed by atoms with Crippen molar-refractivity contribution in [2.45, 2.75) is 12.3 Å². The molecule has 2 heteroatoms. The first kappa shape index (κ1) is 13.3. The first-order chi connectivity index (χ1) is 9.83. The normalized spacial score (nSPS) is 26.0. The molecule has 0 fully saturated rings. The van der Waals surface area contributed by atoms with Crippen LogP contribution in [0.15, 0.2) is 54.6 Å². The van der Waals surface area contributed by atoms with Gasteiger partial charge in [0.2, 0.25) is 0 Å². The summed E-state index contributed by atoms with van der Waals surface area (Å²) in [6, 6.07) is 15.2. The summed E-state index contributed by atoms with van der Waals surface area (Å²) in [7, 11) is 0. The fourth-order valence-corrected chi connectivity index (χ4v) is 3.36. The van der Waals surface area contributed by atoms with Crippen molar-refractivity contribution in [2.75, 3.05) is 13.1 Å². The third-order valence-corrected chi connectivity index (χ3v) is 4.50. The van der Waals surface area contributed by atoms with Crippen LogP contribution in [0.1, 0.15) is 17.9 Å². The van der Waals surface area contributed by atoms with Crippen molar-refractivity contribution in [1.29, 1.82) is 0 Å². The van der Waals surface area contributed by atoms with Gasteiger partial charge in [0.25, 0.3) is 0 Å². The molecule has 3 atom stereocenters. The van der Waals surface area contributed by atoms with E-state index in [0.717, 1.165) is 13.0 Å². The van der Waals surface area contributed by atoms with Gasteiger partial charge in [-0.15, -0.1) is 0 Å². The van der Waals surface area contributed by atoms with E-state index in [4.69, 9.17) is 11.5 Å². The minimum absolute atomic E-state index is 0.420. The minimum Gasteiger partial charge on any atom is -0.330 e. The van der Waals surface area contributed by atoms with E-state index in [-0.39, 0.29) is 0 Å². The van der Waals surface area contributed by atoms with Crippen LogP contribution in [-0.2, 0) is 0 Å². The van der Waals surface area contributed by atoms with Crippen LogP contribution in [0.4, 0.5) is 0 Å². The molecule has 104 valence electrons. The second-order valence-corrected chi connectivity index (χ2v) is 5.69. The number of hydrogen-bond acceptors (Lipinski definition) is 2. The molecule has 0 spiro atoms. The smallest absolute Gasteiger partial charge is 0.000828 e. The second-order valence-electron chi connectivity index (χ2n) is 5.69. The average Bonchev–Trinajstić information content (AvgIpc) is 2.53. The van der Waals surface area contributed by atoms with Gasteiger partial charge in [-0.1, -0.05) is 54.6 Å². The SMILES string of the molecule is NCC1C=CC(CN)C(c2cccc3ccccc23)C1. The number of benzene rings is 2. The topological polar surface area (TPSA) is 52.0 Å². The molecule has 0 heterocycles. The summed E-state index contributed by atoms with van der Waals surface area (Å²) in [4.78, 5) is 0. The molecule has 4 N–H and O–H groups in total. The number of rotatable bonds is 3. The van der Waals surface area contributed by atoms with E-state index in [1.807, 2.05) is 0 Å². The van der Waals surface area contributed by atoms with E-state index >= 15 is 0 Å². The van der Waals surface area contributed by atoms with Gasteiger partial charge >= 0.3 is 0 Å². The molecule has 0 amide bonds. The summed E-state index contributed by atoms with van der Waals surface area (Å²) in [6.07, 6.45) is 5.62. The molecule has 3 rings (SSSR count). The number of hydrogen-bond donors (Lipinski definition) is 2. The Hall–Kier alpha value is -1.64. The maximum absolute atomic E-state index is 5.98. The zero-order valence-corrected chi connectivity index (χ0v) is 11.7. The number of fused-ring (bicyclic) bond motifs is 1. The van der Waals surface area contributed by atoms with Gasteiger partial charge in [0.05, 0.1) is 0 Å². The summed E-state index contributed by atoms with van der Waals surface area (Å²) < 4.78 is 0. The summed E-state index contributed by atoms with van der Waals surface area (Å²) in [5.41, 5.74) is 13.3. The number of nitrogens with two attached hydrogens (primary N) is 2. The molecule has 0 bridgehead atoms. The van der Waals surface area contributed by atoms with Crippen LogP contribution in [0, 0.1) is 11.8 Å². The quantitative estimate of drug-likeness (QED) is 0.839. The molecule has 20 heavy (non-hydrogen) atoms. The van der Waals surface area contributed by atoms with Gasteiger partial charge in [-0.25, -0.2) is 0 Å². The van der Waals surface area contributed by atoms with E-state index in [2.05, 4.69) is 54.6 Å². The Morgan fingerprint density at radius 2 is 1.70 bits per heavy atom. The van der Waals surface area contributed by atoms with E-state index in [9.17, 15) is 0 Å². The molecule has 3 unspecified atom stereocenters. The maximum atomic E-state index is 5.98. The van der Waals surface area contributed by atoms with Crippen LogP contribution in [0.25, 0.3) is 10.8 Å². The first-order valence-electron chi connectivity index (χ1n) is 7.39. The van der Waals surface area contributed by atoms with Gasteiger partial charge in [0.1, 0.15) is 0 Å². The molecular formula is C18H22N2. The Morgan fingerprint density at radius 3 is 2.50 bits per heavy atom. The monoisotopic (exact) mass is 266 g/mol. The minimum atomic E-state index is 0.420. The maximum Gasteiger partial charge on any atom is -0.000828 e. The summed E-state index contributed by atoms with van der Waals surface area (Å²) in [6.45, 7) is 1.41. The molecule has 0 radical (unpaired) electrons. The molecular weight excluding hydrogens is 244 g/mol. The zero-order chi connectivity index (χ0) is 13.9. The van der Waals surface area contributed by atoms with Crippen LogP contribution >= 0.6 is 0 Å². The second kappa shape index (κ2) is 5.78. The van der Waals surface area contributed by atoms with Gasteiger partial charge in [0.15, 0.2) is 0 Å². The van der Waals surface area contributed by atoms with Crippen LogP contribution < -0.4 is 11.5 Å². The molecule has 0 saturated heterocycles. The Labute approximate surface area is 120 Å². The molecule has 0 aromatic heterocycles. The molecule has 2 aromatic carbocycles. The molecule has 0 aliphatic heterocycles. The van der Waals surface area contributed by atoms with Crippen LogP contribution in [0.2, 0.25) is 0 Å². The van der Waals surface area contributed by atoms with Gasteiger partial charge in [-0.3, -0.25) is 0 Å². The van der Waals surface area contributed by atoms with Crippen LogP contribution in [0.5, 0.6) is 0 Å². The van der Waals surface area contributed by atoms with Gasteiger partial charge in [0, 0.05) is 0 Å². The highest BCUT2D eigenvalue weighted by Crippen LogP contribution is 2.38. The molecule has 1 aliphatic carbocycles. The van der Waals surface area contributed by atoms with Crippen molar-refractivity contribution >= 4 is 10.8 Å². The van der Waals surface area contributed by atoms with Crippen molar-refractivity contribution in [3.63, 3.8) is 0 Å². The van der Waals surface area contributed by atoms with Crippen LogP contribution in [0.3, 0.4) is 0 Å². The van der Waals surface area contributed by atoms with Crippen molar-refractivity contribution in [2.24, 2.45) is 23.3 Å². The summed E-state index contributed by atoms with van der Waals surface area (Å²) >= 11 is 0. The fraction of sp³-hybridized carbons (Fsp3) is 0.333. The molecule has 2 nitrogen and oxygen atoms in total. The lowest BCUT2D eigenvalue weighted by Gasteiger charge is -2.32. The lowest BCUT2D eigenvalue weighted by molar-refractivity contribution is 0.404. The predicted octanol–water partition coefficient (Wildman–Crippen LogP) is 3.03. The Balaban J connectivity index is 2.07. The van der Waals surface area contributed by atoms with Gasteiger partial charge in [-0.05, 0) is 53.6 Å². The van der Waals surface area contributed by atoms with Crippen molar-refractivity contribution in [3.05, 3.63) is 60.2 Å². The van der Waals surface area contributed by atoms with Crippen molar-refractivity contribution in [1.82, 2.24) is 0 Å². The lowest BCUT2D eigenvalue weighted by Crippen LogP contribution is -2.28. The fourth-order valence-electron chi connectivity index (χ4n) is 3.36. The van der Waals surface area contributed by atoms with Gasteiger partial charge in [-0.2, -0.15) is 0 Å². The Morgan fingerprint density at radius 1 is 0.900 bits per heavy atom. The standard InChI is InChI=1S/C18H22N2/c19-11-13-8-9-15(12-20)18(10-13)17-7-3-5-14-4-1-2-6-16(14)17/h1-9,13,15,18H,10-12,19-20H2. The zero-order valence-electron chi connectivity index (χ0n) is 11.7. The van der Waals surface area contributed by atoms with Crippen molar-refractivity contribution in [3.8, 4) is 0 Å². The molecule has 2 aromatic rings. The Bertz CT molecular complexity index is 612. The third kappa shape index (κ3) is 2.37. The highest BCUT2D eigenvalue weighted by Gasteiger charge is 2.27. The Kier molecular flexibility index (Phi) is 3.86. The van der Waals surface area contributed by atoms with E-state index in [1.54, 1.807) is 0 Å². The molecule has 0 saturated carbocycles. The van der Waals surface area contributed by atoms with E-state index in [1.165, 1.54) is 16.3 Å².